The summed E-state index contributed by atoms with van der Waals surface area (Å²) in [6.07, 6.45) is 0. The van der Waals surface area contributed by atoms with Gasteiger partial charge in [-0.05, 0) is 130 Å². The third-order valence-electron chi connectivity index (χ3n) is 13.7. The maximum atomic E-state index is 2.53. The van der Waals surface area contributed by atoms with Crippen molar-refractivity contribution in [1.29, 1.82) is 0 Å². The molecule has 12 rings (SSSR count). The van der Waals surface area contributed by atoms with Gasteiger partial charge in [-0.15, -0.1) is 0 Å². The van der Waals surface area contributed by atoms with Gasteiger partial charge in [0.2, 0.25) is 0 Å². The predicted molar refractivity (Wildman–Crippen MR) is 273 cm³/mol. The van der Waals surface area contributed by atoms with Gasteiger partial charge in [0.15, 0.2) is 0 Å². The van der Waals surface area contributed by atoms with Crippen LogP contribution >= 0.6 is 0 Å². The molecule has 0 fully saturated rings. The molecule has 0 aromatic heterocycles. The van der Waals surface area contributed by atoms with Crippen molar-refractivity contribution >= 4 is 49.4 Å². The Balaban J connectivity index is 1.20. The van der Waals surface area contributed by atoms with Gasteiger partial charge in [0.05, 0.1) is 5.69 Å². The predicted octanol–water partition coefficient (Wildman–Crippen LogP) is 17.6. The van der Waals surface area contributed by atoms with Gasteiger partial charge in [0.1, 0.15) is 0 Å². The van der Waals surface area contributed by atoms with Crippen molar-refractivity contribution in [2.24, 2.45) is 0 Å². The van der Waals surface area contributed by atoms with Crippen molar-refractivity contribution < 1.29 is 0 Å². The lowest BCUT2D eigenvalue weighted by Crippen LogP contribution is -2.17. The molecule has 11 aromatic rings. The Morgan fingerprint density at radius 1 is 0.297 bits per heavy atom. The third kappa shape index (κ3) is 6.08. The number of anilines is 3. The van der Waals surface area contributed by atoms with Crippen LogP contribution in [-0.2, 0) is 5.41 Å². The molecule has 1 aliphatic rings. The molecule has 0 saturated carbocycles. The third-order valence-corrected chi connectivity index (χ3v) is 13.7. The highest BCUT2D eigenvalue weighted by molar-refractivity contribution is 6.17. The molecule has 0 aliphatic heterocycles. The van der Waals surface area contributed by atoms with Crippen LogP contribution in [0.2, 0.25) is 0 Å². The van der Waals surface area contributed by atoms with E-state index in [0.29, 0.717) is 0 Å². The molecular formula is C63H45N. The Hall–Kier alpha value is -8.00. The van der Waals surface area contributed by atoms with Crippen LogP contribution in [0.1, 0.15) is 25.0 Å². The van der Waals surface area contributed by atoms with Crippen LogP contribution < -0.4 is 4.90 Å². The Labute approximate surface area is 375 Å². The van der Waals surface area contributed by atoms with Crippen LogP contribution in [-0.4, -0.2) is 0 Å². The van der Waals surface area contributed by atoms with Gasteiger partial charge >= 0.3 is 0 Å². The minimum Gasteiger partial charge on any atom is -0.310 e. The standard InChI is InChI=1S/C63H45N/c1-63(2)59-33-16-15-30-53(59)54-38-36-47(41-60(54)63)64(46-35-37-50(42-19-5-3-6-20-42)57(40-46)44-21-7-4-8-22-44)61-34-18-32-56(62(61)55-31-17-25-43-23-9-11-26-48(43)55)58-39-45-24-10-12-27-49(45)51-28-13-14-29-52(51)58/h3-41H,1-2H3. The minimum absolute atomic E-state index is 0.176. The van der Waals surface area contributed by atoms with Crippen molar-refractivity contribution in [3.63, 3.8) is 0 Å². The Morgan fingerprint density at radius 2 is 0.828 bits per heavy atom. The van der Waals surface area contributed by atoms with Gasteiger partial charge in [0, 0.05) is 22.4 Å². The van der Waals surface area contributed by atoms with Crippen molar-refractivity contribution in [2.45, 2.75) is 19.3 Å². The van der Waals surface area contributed by atoms with E-state index in [1.165, 1.54) is 99.1 Å². The van der Waals surface area contributed by atoms with E-state index in [2.05, 4.69) is 255 Å². The number of hydrogen-bond donors (Lipinski definition) is 0. The maximum Gasteiger partial charge on any atom is 0.0546 e. The molecule has 64 heavy (non-hydrogen) atoms. The second-order valence-electron chi connectivity index (χ2n) is 17.6. The van der Waals surface area contributed by atoms with E-state index in [1.807, 2.05) is 0 Å². The SMILES string of the molecule is CC1(C)c2ccccc2-c2ccc(N(c3ccc(-c4ccccc4)c(-c4ccccc4)c3)c3cccc(-c4cc5ccccc5c5ccccc45)c3-c3cccc4ccccc34)cc21. The van der Waals surface area contributed by atoms with Crippen molar-refractivity contribution in [2.75, 3.05) is 4.90 Å². The lowest BCUT2D eigenvalue weighted by atomic mass is 9.82. The first-order valence-electron chi connectivity index (χ1n) is 22.3. The van der Waals surface area contributed by atoms with Crippen LogP contribution in [0.5, 0.6) is 0 Å². The number of hydrogen-bond acceptors (Lipinski definition) is 1. The molecule has 1 heteroatoms. The molecule has 1 nitrogen and oxygen atoms in total. The summed E-state index contributed by atoms with van der Waals surface area (Å²) in [5.41, 5.74) is 18.0. The first kappa shape index (κ1) is 37.7. The molecule has 0 atom stereocenters. The van der Waals surface area contributed by atoms with E-state index in [4.69, 9.17) is 0 Å². The minimum atomic E-state index is -0.176. The molecular weight excluding hydrogens is 771 g/mol. The van der Waals surface area contributed by atoms with Crippen LogP contribution in [0.4, 0.5) is 17.1 Å². The summed E-state index contributed by atoms with van der Waals surface area (Å²) in [4.78, 5) is 2.53. The summed E-state index contributed by atoms with van der Waals surface area (Å²) < 4.78 is 0. The number of rotatable bonds is 7. The van der Waals surface area contributed by atoms with E-state index in [0.717, 1.165) is 17.1 Å². The second-order valence-corrected chi connectivity index (χ2v) is 17.6. The lowest BCUT2D eigenvalue weighted by molar-refractivity contribution is 0.660. The van der Waals surface area contributed by atoms with Crippen LogP contribution in [0, 0.1) is 0 Å². The summed E-state index contributed by atoms with van der Waals surface area (Å²) in [7, 11) is 0. The highest BCUT2D eigenvalue weighted by Gasteiger charge is 2.36. The fraction of sp³-hybridized carbons (Fsp3) is 0.0476. The molecule has 0 radical (unpaired) electrons. The molecule has 11 aromatic carbocycles. The molecule has 0 heterocycles. The lowest BCUT2D eigenvalue weighted by Gasteiger charge is -2.32. The van der Waals surface area contributed by atoms with Gasteiger partial charge in [0.25, 0.3) is 0 Å². The van der Waals surface area contributed by atoms with Crippen LogP contribution in [0.25, 0.3) is 88.0 Å². The number of nitrogens with zero attached hydrogens (tertiary/aromatic N) is 1. The molecule has 0 amide bonds. The van der Waals surface area contributed by atoms with Crippen LogP contribution in [0.3, 0.4) is 0 Å². The summed E-state index contributed by atoms with van der Waals surface area (Å²) in [5, 5.41) is 7.42. The van der Waals surface area contributed by atoms with Gasteiger partial charge in [-0.25, -0.2) is 0 Å². The fourth-order valence-electron chi connectivity index (χ4n) is 10.6. The summed E-state index contributed by atoms with van der Waals surface area (Å²) in [5.74, 6) is 0. The summed E-state index contributed by atoms with van der Waals surface area (Å²) >= 11 is 0. The highest BCUT2D eigenvalue weighted by Crippen LogP contribution is 2.53. The first-order valence-corrected chi connectivity index (χ1v) is 22.3. The zero-order valence-electron chi connectivity index (χ0n) is 36.0. The average Bonchev–Trinajstić information content (AvgIpc) is 3.59. The van der Waals surface area contributed by atoms with E-state index in [1.54, 1.807) is 0 Å². The van der Waals surface area contributed by atoms with E-state index in [9.17, 15) is 0 Å². The van der Waals surface area contributed by atoms with E-state index >= 15 is 0 Å². The molecule has 1 aliphatic carbocycles. The fourth-order valence-corrected chi connectivity index (χ4v) is 10.6. The second kappa shape index (κ2) is 15.1. The maximum absolute atomic E-state index is 2.53. The van der Waals surface area contributed by atoms with Gasteiger partial charge in [-0.1, -0.05) is 214 Å². The Morgan fingerprint density at radius 3 is 1.61 bits per heavy atom. The zero-order chi connectivity index (χ0) is 42.8. The van der Waals surface area contributed by atoms with Crippen molar-refractivity contribution in [1.82, 2.24) is 0 Å². The Kier molecular flexibility index (Phi) is 8.91. The monoisotopic (exact) mass is 815 g/mol. The van der Waals surface area contributed by atoms with Gasteiger partial charge in [-0.2, -0.15) is 0 Å². The quantitative estimate of drug-likeness (QED) is 0.145. The highest BCUT2D eigenvalue weighted by atomic mass is 15.1. The molecule has 0 saturated heterocycles. The van der Waals surface area contributed by atoms with E-state index in [-0.39, 0.29) is 5.41 Å². The van der Waals surface area contributed by atoms with Gasteiger partial charge < -0.3 is 4.90 Å². The molecule has 0 spiro atoms. The van der Waals surface area contributed by atoms with Crippen molar-refractivity contribution in [3.8, 4) is 55.6 Å². The van der Waals surface area contributed by atoms with E-state index < -0.39 is 0 Å². The zero-order valence-corrected chi connectivity index (χ0v) is 36.0. The van der Waals surface area contributed by atoms with Crippen molar-refractivity contribution in [3.05, 3.63) is 248 Å². The van der Waals surface area contributed by atoms with Gasteiger partial charge in [-0.3, -0.25) is 0 Å². The summed E-state index contributed by atoms with van der Waals surface area (Å²) in [6.45, 7) is 4.75. The molecule has 302 valence electrons. The first-order chi connectivity index (χ1) is 31.5. The summed E-state index contributed by atoms with van der Waals surface area (Å²) in [6, 6.07) is 87.5. The average molecular weight is 816 g/mol. The molecule has 0 bridgehead atoms. The van der Waals surface area contributed by atoms with Crippen LogP contribution in [0.15, 0.2) is 237 Å². The Bertz CT molecular complexity index is 3580. The topological polar surface area (TPSA) is 3.24 Å². The smallest absolute Gasteiger partial charge is 0.0546 e. The molecule has 0 N–H and O–H groups in total. The largest absolute Gasteiger partial charge is 0.310 e. The molecule has 0 unspecified atom stereocenters. The number of fused-ring (bicyclic) bond motifs is 7. The number of benzene rings is 11. The normalized spacial score (nSPS) is 12.7.